The number of rotatable bonds is 3. The summed E-state index contributed by atoms with van der Waals surface area (Å²) in [6.45, 7) is 8.34. The van der Waals surface area contributed by atoms with Crippen LogP contribution in [0.15, 0.2) is 5.38 Å². The van der Waals surface area contributed by atoms with Crippen molar-refractivity contribution in [2.24, 2.45) is 0 Å². The van der Waals surface area contributed by atoms with Crippen molar-refractivity contribution < 1.29 is 9.53 Å². The van der Waals surface area contributed by atoms with Crippen molar-refractivity contribution in [3.05, 3.63) is 11.1 Å². The first-order valence-electron chi connectivity index (χ1n) is 6.12. The van der Waals surface area contributed by atoms with Crippen molar-refractivity contribution >= 4 is 22.4 Å². The number of hydrogen-bond donors (Lipinski definition) is 1. The normalized spacial score (nSPS) is 25.1. The van der Waals surface area contributed by atoms with Crippen LogP contribution >= 0.6 is 11.3 Å². The Balaban J connectivity index is 1.92. The molecular formula is C12H19N3O2S. The number of carbonyl (C=O) groups is 1. The zero-order valence-corrected chi connectivity index (χ0v) is 11.8. The lowest BCUT2D eigenvalue weighted by molar-refractivity contribution is -0.114. The van der Waals surface area contributed by atoms with Gasteiger partial charge in [0.1, 0.15) is 0 Å². The van der Waals surface area contributed by atoms with Crippen molar-refractivity contribution in [1.29, 1.82) is 0 Å². The number of hydrogen-bond acceptors (Lipinski definition) is 5. The lowest BCUT2D eigenvalue weighted by Gasteiger charge is -2.34. The van der Waals surface area contributed by atoms with Gasteiger partial charge in [0.05, 0.1) is 17.9 Å². The molecule has 1 fully saturated rings. The van der Waals surface area contributed by atoms with Gasteiger partial charge >= 0.3 is 0 Å². The van der Waals surface area contributed by atoms with Crippen molar-refractivity contribution in [2.45, 2.75) is 39.5 Å². The van der Waals surface area contributed by atoms with Crippen molar-refractivity contribution in [3.8, 4) is 0 Å². The molecule has 100 valence electrons. The Morgan fingerprint density at radius 1 is 1.56 bits per heavy atom. The number of amides is 1. The third kappa shape index (κ3) is 3.76. The van der Waals surface area contributed by atoms with Crippen LogP contribution in [-0.2, 0) is 16.1 Å². The molecule has 0 aliphatic carbocycles. The van der Waals surface area contributed by atoms with Gasteiger partial charge in [0, 0.05) is 31.9 Å². The number of carbonyl (C=O) groups excluding carboxylic acids is 1. The minimum Gasteiger partial charge on any atom is -0.373 e. The standard InChI is InChI=1S/C12H19N3O2S/c1-8-4-15(5-9(2)17-8)6-11-7-18-12(14-11)13-10(3)16/h7-9H,4-6H2,1-3H3,(H,13,14,16). The fourth-order valence-electron chi connectivity index (χ4n) is 2.23. The number of nitrogens with zero attached hydrogens (tertiary/aromatic N) is 2. The zero-order chi connectivity index (χ0) is 13.1. The van der Waals surface area contributed by atoms with E-state index in [4.69, 9.17) is 4.74 Å². The van der Waals surface area contributed by atoms with E-state index in [1.165, 1.54) is 18.3 Å². The minimum absolute atomic E-state index is 0.0792. The Bertz CT molecular complexity index is 411. The largest absolute Gasteiger partial charge is 0.373 e. The minimum atomic E-state index is -0.0792. The second-order valence-corrected chi connectivity index (χ2v) is 5.63. The Hall–Kier alpha value is -0.980. The second kappa shape index (κ2) is 5.77. The van der Waals surface area contributed by atoms with Crippen LogP contribution < -0.4 is 5.32 Å². The summed E-state index contributed by atoms with van der Waals surface area (Å²) in [5, 5.41) is 5.37. The smallest absolute Gasteiger partial charge is 0.223 e. The zero-order valence-electron chi connectivity index (χ0n) is 11.0. The lowest BCUT2D eigenvalue weighted by atomic mass is 10.2. The molecule has 18 heavy (non-hydrogen) atoms. The second-order valence-electron chi connectivity index (χ2n) is 4.78. The quantitative estimate of drug-likeness (QED) is 0.907. The van der Waals surface area contributed by atoms with E-state index in [1.807, 2.05) is 5.38 Å². The highest BCUT2D eigenvalue weighted by Gasteiger charge is 2.22. The molecule has 2 unspecified atom stereocenters. The van der Waals surface area contributed by atoms with Crippen LogP contribution in [0.3, 0.4) is 0 Å². The molecule has 6 heteroatoms. The monoisotopic (exact) mass is 269 g/mol. The predicted octanol–water partition coefficient (Wildman–Crippen LogP) is 1.71. The summed E-state index contributed by atoms with van der Waals surface area (Å²) in [5.41, 5.74) is 1.00. The average Bonchev–Trinajstić information content (AvgIpc) is 2.62. The van der Waals surface area contributed by atoms with Crippen LogP contribution in [0.5, 0.6) is 0 Å². The molecule has 0 aromatic carbocycles. The number of thiazole rings is 1. The summed E-state index contributed by atoms with van der Waals surface area (Å²) in [7, 11) is 0. The molecular weight excluding hydrogens is 250 g/mol. The third-order valence-corrected chi connectivity index (χ3v) is 3.52. The van der Waals surface area contributed by atoms with Gasteiger partial charge in [-0.2, -0.15) is 0 Å². The number of anilines is 1. The number of nitrogens with one attached hydrogen (secondary N) is 1. The molecule has 1 aromatic rings. The molecule has 1 aliphatic heterocycles. The number of ether oxygens (including phenoxy) is 1. The molecule has 1 N–H and O–H groups in total. The molecule has 1 amide bonds. The predicted molar refractivity (Wildman–Crippen MR) is 71.7 cm³/mol. The molecule has 5 nitrogen and oxygen atoms in total. The summed E-state index contributed by atoms with van der Waals surface area (Å²) in [5.74, 6) is -0.0792. The van der Waals surface area contributed by atoms with Crippen LogP contribution in [0.4, 0.5) is 5.13 Å². The first-order valence-corrected chi connectivity index (χ1v) is 7.00. The van der Waals surface area contributed by atoms with E-state index in [-0.39, 0.29) is 18.1 Å². The molecule has 1 aliphatic rings. The van der Waals surface area contributed by atoms with E-state index >= 15 is 0 Å². The van der Waals surface area contributed by atoms with Crippen LogP contribution in [0, 0.1) is 0 Å². The maximum Gasteiger partial charge on any atom is 0.223 e. The molecule has 0 saturated carbocycles. The van der Waals surface area contributed by atoms with E-state index in [0.29, 0.717) is 5.13 Å². The maximum absolute atomic E-state index is 10.9. The molecule has 2 heterocycles. The number of aromatic nitrogens is 1. The summed E-state index contributed by atoms with van der Waals surface area (Å²) >= 11 is 1.47. The molecule has 2 atom stereocenters. The van der Waals surface area contributed by atoms with Crippen LogP contribution in [0.2, 0.25) is 0 Å². The first kappa shape index (κ1) is 13.5. The topological polar surface area (TPSA) is 54.5 Å². The van der Waals surface area contributed by atoms with E-state index in [9.17, 15) is 4.79 Å². The Kier molecular flexibility index (Phi) is 4.31. The van der Waals surface area contributed by atoms with Gasteiger partial charge in [-0.3, -0.25) is 9.69 Å². The highest BCUT2D eigenvalue weighted by atomic mass is 32.1. The van der Waals surface area contributed by atoms with Gasteiger partial charge in [0.15, 0.2) is 5.13 Å². The fourth-order valence-corrected chi connectivity index (χ4v) is 2.98. The SMILES string of the molecule is CC(=O)Nc1nc(CN2CC(C)OC(C)C2)cs1. The molecule has 1 saturated heterocycles. The molecule has 2 rings (SSSR count). The van der Waals surface area contributed by atoms with E-state index in [2.05, 4.69) is 29.0 Å². The molecule has 1 aromatic heterocycles. The maximum atomic E-state index is 10.9. The van der Waals surface area contributed by atoms with E-state index < -0.39 is 0 Å². The lowest BCUT2D eigenvalue weighted by Crippen LogP contribution is -2.44. The van der Waals surface area contributed by atoms with Crippen molar-refractivity contribution in [2.75, 3.05) is 18.4 Å². The van der Waals surface area contributed by atoms with Gasteiger partial charge in [0.25, 0.3) is 0 Å². The average molecular weight is 269 g/mol. The van der Waals surface area contributed by atoms with Gasteiger partial charge in [-0.15, -0.1) is 11.3 Å². The van der Waals surface area contributed by atoms with Crippen LogP contribution in [0.1, 0.15) is 26.5 Å². The van der Waals surface area contributed by atoms with E-state index in [1.54, 1.807) is 0 Å². The Labute approximate surface area is 111 Å². The highest BCUT2D eigenvalue weighted by Crippen LogP contribution is 2.19. The van der Waals surface area contributed by atoms with Crippen LogP contribution in [-0.4, -0.2) is 41.1 Å². The van der Waals surface area contributed by atoms with Crippen LogP contribution in [0.25, 0.3) is 0 Å². The Morgan fingerprint density at radius 2 is 2.22 bits per heavy atom. The number of morpholine rings is 1. The third-order valence-electron chi connectivity index (χ3n) is 2.72. The van der Waals surface area contributed by atoms with Gasteiger partial charge < -0.3 is 10.1 Å². The van der Waals surface area contributed by atoms with Gasteiger partial charge in [-0.25, -0.2) is 4.98 Å². The highest BCUT2D eigenvalue weighted by molar-refractivity contribution is 7.13. The van der Waals surface area contributed by atoms with Gasteiger partial charge in [-0.1, -0.05) is 0 Å². The van der Waals surface area contributed by atoms with E-state index in [0.717, 1.165) is 25.3 Å². The summed E-state index contributed by atoms with van der Waals surface area (Å²) in [4.78, 5) is 17.7. The van der Waals surface area contributed by atoms with Crippen molar-refractivity contribution in [1.82, 2.24) is 9.88 Å². The summed E-state index contributed by atoms with van der Waals surface area (Å²) in [6, 6.07) is 0. The summed E-state index contributed by atoms with van der Waals surface area (Å²) < 4.78 is 5.70. The molecule has 0 bridgehead atoms. The van der Waals surface area contributed by atoms with Crippen molar-refractivity contribution in [3.63, 3.8) is 0 Å². The fraction of sp³-hybridized carbons (Fsp3) is 0.667. The molecule has 0 spiro atoms. The Morgan fingerprint density at radius 3 is 2.83 bits per heavy atom. The van der Waals surface area contributed by atoms with Gasteiger partial charge in [-0.05, 0) is 13.8 Å². The first-order chi connectivity index (χ1) is 8.52. The van der Waals surface area contributed by atoms with Gasteiger partial charge in [0.2, 0.25) is 5.91 Å². The summed E-state index contributed by atoms with van der Waals surface area (Å²) in [6.07, 6.45) is 0.532. The molecule has 0 radical (unpaired) electrons.